The minimum Gasteiger partial charge on any atom is -0.317 e. The highest BCUT2D eigenvalue weighted by Gasteiger charge is 2.17. The van der Waals surface area contributed by atoms with Gasteiger partial charge in [-0.3, -0.25) is 4.99 Å². The number of nitrogens with one attached hydrogen (secondary N) is 1. The molecular formula is C12H20N2. The van der Waals surface area contributed by atoms with Crippen molar-refractivity contribution in [2.75, 3.05) is 19.6 Å². The van der Waals surface area contributed by atoms with Crippen molar-refractivity contribution in [3.8, 4) is 0 Å². The summed E-state index contributed by atoms with van der Waals surface area (Å²) in [5.74, 6) is 1.64. The van der Waals surface area contributed by atoms with Crippen LogP contribution in [-0.2, 0) is 0 Å². The molecule has 1 saturated heterocycles. The lowest BCUT2D eigenvalue weighted by atomic mass is 9.87. The van der Waals surface area contributed by atoms with Crippen LogP contribution in [0.2, 0.25) is 0 Å². The van der Waals surface area contributed by atoms with E-state index in [2.05, 4.69) is 29.4 Å². The van der Waals surface area contributed by atoms with Crippen LogP contribution in [0.25, 0.3) is 0 Å². The fraction of sp³-hybridized carbons (Fsp3) is 0.750. The molecule has 0 spiro atoms. The van der Waals surface area contributed by atoms with Gasteiger partial charge in [0, 0.05) is 12.3 Å². The fourth-order valence-electron chi connectivity index (χ4n) is 2.35. The summed E-state index contributed by atoms with van der Waals surface area (Å²) >= 11 is 0. The number of aliphatic imine (C=N–C) groups is 1. The molecule has 0 aliphatic carbocycles. The molecule has 2 rings (SSSR count). The number of rotatable bonds is 2. The molecule has 2 heterocycles. The van der Waals surface area contributed by atoms with Gasteiger partial charge in [-0.05, 0) is 57.2 Å². The van der Waals surface area contributed by atoms with Crippen LogP contribution in [0.1, 0.15) is 26.2 Å². The van der Waals surface area contributed by atoms with Gasteiger partial charge in [0.25, 0.3) is 0 Å². The van der Waals surface area contributed by atoms with Crippen molar-refractivity contribution < 1.29 is 0 Å². The molecule has 14 heavy (non-hydrogen) atoms. The number of hydrogen-bond acceptors (Lipinski definition) is 2. The van der Waals surface area contributed by atoms with Gasteiger partial charge in [-0.2, -0.15) is 0 Å². The molecule has 1 N–H and O–H groups in total. The lowest BCUT2D eigenvalue weighted by molar-refractivity contribution is 0.323. The first-order chi connectivity index (χ1) is 6.84. The fourth-order valence-corrected chi connectivity index (χ4v) is 2.35. The van der Waals surface area contributed by atoms with Crippen LogP contribution in [-0.4, -0.2) is 25.3 Å². The summed E-state index contributed by atoms with van der Waals surface area (Å²) in [6.07, 6.45) is 8.58. The predicted octanol–water partition coefficient (Wildman–Crippen LogP) is 2.02. The van der Waals surface area contributed by atoms with Crippen molar-refractivity contribution in [1.29, 1.82) is 0 Å². The van der Waals surface area contributed by atoms with E-state index in [1.807, 2.05) is 0 Å². The molecular weight excluding hydrogens is 172 g/mol. The summed E-state index contributed by atoms with van der Waals surface area (Å²) < 4.78 is 0. The van der Waals surface area contributed by atoms with Crippen LogP contribution in [0.15, 0.2) is 17.1 Å². The van der Waals surface area contributed by atoms with Crippen molar-refractivity contribution in [3.63, 3.8) is 0 Å². The Morgan fingerprint density at radius 3 is 2.86 bits per heavy atom. The number of dihydropyridines is 1. The number of piperidine rings is 1. The second-order valence-electron chi connectivity index (χ2n) is 4.53. The van der Waals surface area contributed by atoms with E-state index >= 15 is 0 Å². The first-order valence-corrected chi connectivity index (χ1v) is 5.74. The molecule has 0 amide bonds. The summed E-state index contributed by atoms with van der Waals surface area (Å²) in [5, 5.41) is 3.41. The van der Waals surface area contributed by atoms with Gasteiger partial charge < -0.3 is 5.32 Å². The molecule has 2 aliphatic heterocycles. The highest BCUT2D eigenvalue weighted by Crippen LogP contribution is 2.23. The predicted molar refractivity (Wildman–Crippen MR) is 60.8 cm³/mol. The van der Waals surface area contributed by atoms with Crippen molar-refractivity contribution in [2.24, 2.45) is 16.8 Å². The average molecular weight is 192 g/mol. The van der Waals surface area contributed by atoms with E-state index in [-0.39, 0.29) is 0 Å². The Kier molecular flexibility index (Phi) is 3.35. The third-order valence-corrected chi connectivity index (χ3v) is 3.28. The molecule has 2 aliphatic rings. The third-order valence-electron chi connectivity index (χ3n) is 3.28. The Balaban J connectivity index is 1.78. The molecule has 2 nitrogen and oxygen atoms in total. The molecule has 0 aromatic rings. The minimum atomic E-state index is 0.710. The van der Waals surface area contributed by atoms with Crippen LogP contribution in [0.3, 0.4) is 0 Å². The highest BCUT2D eigenvalue weighted by atomic mass is 14.9. The van der Waals surface area contributed by atoms with Gasteiger partial charge in [0.1, 0.15) is 0 Å². The molecule has 1 unspecified atom stereocenters. The standard InChI is InChI=1S/C12H20N2/c1-10-2-3-12(9-14-10)8-11-4-6-13-7-5-11/h2-3,11-13H,4-9H2,1H3. The summed E-state index contributed by atoms with van der Waals surface area (Å²) in [5.41, 5.74) is 1.19. The molecule has 1 atom stereocenters. The van der Waals surface area contributed by atoms with Gasteiger partial charge in [0.2, 0.25) is 0 Å². The second kappa shape index (κ2) is 4.74. The van der Waals surface area contributed by atoms with E-state index in [9.17, 15) is 0 Å². The first kappa shape index (κ1) is 9.91. The van der Waals surface area contributed by atoms with E-state index in [0.29, 0.717) is 5.92 Å². The summed E-state index contributed by atoms with van der Waals surface area (Å²) in [4.78, 5) is 4.49. The third kappa shape index (κ3) is 2.68. The summed E-state index contributed by atoms with van der Waals surface area (Å²) in [7, 11) is 0. The Morgan fingerprint density at radius 1 is 1.43 bits per heavy atom. The molecule has 2 heteroatoms. The van der Waals surface area contributed by atoms with Gasteiger partial charge in [0.05, 0.1) is 0 Å². The van der Waals surface area contributed by atoms with E-state index in [1.54, 1.807) is 0 Å². The maximum atomic E-state index is 4.49. The molecule has 0 saturated carbocycles. The van der Waals surface area contributed by atoms with E-state index in [4.69, 9.17) is 0 Å². The Labute approximate surface area is 86.5 Å². The monoisotopic (exact) mass is 192 g/mol. The van der Waals surface area contributed by atoms with E-state index in [0.717, 1.165) is 12.5 Å². The molecule has 0 aromatic heterocycles. The maximum Gasteiger partial charge on any atom is 0.0455 e. The zero-order valence-electron chi connectivity index (χ0n) is 9.00. The Morgan fingerprint density at radius 2 is 2.21 bits per heavy atom. The lowest BCUT2D eigenvalue weighted by Crippen LogP contribution is -2.29. The van der Waals surface area contributed by atoms with Gasteiger partial charge in [-0.25, -0.2) is 0 Å². The van der Waals surface area contributed by atoms with Crippen LogP contribution >= 0.6 is 0 Å². The highest BCUT2D eigenvalue weighted by molar-refractivity contribution is 5.93. The SMILES string of the molecule is CC1=NCC(CC2CCNCC2)C=C1. The van der Waals surface area contributed by atoms with Crippen molar-refractivity contribution >= 4 is 5.71 Å². The smallest absolute Gasteiger partial charge is 0.0455 e. The number of hydrogen-bond donors (Lipinski definition) is 1. The van der Waals surface area contributed by atoms with Gasteiger partial charge in [-0.15, -0.1) is 0 Å². The van der Waals surface area contributed by atoms with Crippen molar-refractivity contribution in [1.82, 2.24) is 5.32 Å². The zero-order valence-corrected chi connectivity index (χ0v) is 9.00. The lowest BCUT2D eigenvalue weighted by Gasteiger charge is -2.26. The maximum absolute atomic E-state index is 4.49. The molecule has 78 valence electrons. The van der Waals surface area contributed by atoms with Gasteiger partial charge in [-0.1, -0.05) is 6.08 Å². The molecule has 0 radical (unpaired) electrons. The summed E-state index contributed by atoms with van der Waals surface area (Å²) in [6.45, 7) is 5.52. The van der Waals surface area contributed by atoms with Crippen LogP contribution < -0.4 is 5.32 Å². The Bertz CT molecular complexity index is 237. The van der Waals surface area contributed by atoms with Crippen LogP contribution in [0, 0.1) is 11.8 Å². The normalized spacial score (nSPS) is 28.9. The first-order valence-electron chi connectivity index (χ1n) is 5.74. The van der Waals surface area contributed by atoms with Crippen LogP contribution in [0.4, 0.5) is 0 Å². The van der Waals surface area contributed by atoms with Crippen LogP contribution in [0.5, 0.6) is 0 Å². The number of nitrogens with zero attached hydrogens (tertiary/aromatic N) is 1. The topological polar surface area (TPSA) is 24.4 Å². The van der Waals surface area contributed by atoms with Gasteiger partial charge >= 0.3 is 0 Å². The van der Waals surface area contributed by atoms with Gasteiger partial charge in [0.15, 0.2) is 0 Å². The quantitative estimate of drug-likeness (QED) is 0.711. The Hall–Kier alpha value is -0.630. The van der Waals surface area contributed by atoms with E-state index in [1.165, 1.54) is 38.1 Å². The zero-order chi connectivity index (χ0) is 9.80. The second-order valence-corrected chi connectivity index (χ2v) is 4.53. The van der Waals surface area contributed by atoms with Crippen molar-refractivity contribution in [3.05, 3.63) is 12.2 Å². The van der Waals surface area contributed by atoms with Crippen molar-refractivity contribution in [2.45, 2.75) is 26.2 Å². The largest absolute Gasteiger partial charge is 0.317 e. The number of allylic oxidation sites excluding steroid dienone is 1. The molecule has 0 bridgehead atoms. The average Bonchev–Trinajstić information content (AvgIpc) is 2.23. The molecule has 0 aromatic carbocycles. The minimum absolute atomic E-state index is 0.710. The molecule has 1 fully saturated rings. The van der Waals surface area contributed by atoms with E-state index < -0.39 is 0 Å². The summed E-state index contributed by atoms with van der Waals surface area (Å²) in [6, 6.07) is 0.